The van der Waals surface area contributed by atoms with Gasteiger partial charge in [-0.15, -0.1) is 0 Å². The van der Waals surface area contributed by atoms with Crippen LogP contribution in [0.2, 0.25) is 0 Å². The minimum absolute atomic E-state index is 0.0628. The number of rotatable bonds is 9. The number of pyridine rings is 1. The van der Waals surface area contributed by atoms with Crippen molar-refractivity contribution in [2.45, 2.75) is 57.2 Å². The summed E-state index contributed by atoms with van der Waals surface area (Å²) in [6.45, 7) is 4.10. The van der Waals surface area contributed by atoms with E-state index in [1.54, 1.807) is 6.20 Å². The third-order valence-corrected chi connectivity index (χ3v) is 9.65. The Bertz CT molecular complexity index is 1320. The summed E-state index contributed by atoms with van der Waals surface area (Å²) < 4.78 is 29.0. The lowest BCUT2D eigenvalue weighted by Gasteiger charge is -2.33. The average molecular weight is 521 g/mol. The molecule has 0 unspecified atom stereocenters. The average Bonchev–Trinajstić information content (AvgIpc) is 2.89. The summed E-state index contributed by atoms with van der Waals surface area (Å²) in [4.78, 5) is 16.1. The quantitative estimate of drug-likeness (QED) is 0.410. The zero-order chi connectivity index (χ0) is 26.6. The van der Waals surface area contributed by atoms with Crippen molar-refractivity contribution in [3.63, 3.8) is 0 Å². The fourth-order valence-electron chi connectivity index (χ4n) is 5.21. The Morgan fingerprint density at radius 3 is 2.24 bits per heavy atom. The lowest BCUT2D eigenvalue weighted by atomic mass is 9.86. The van der Waals surface area contributed by atoms with Crippen LogP contribution in [0.15, 0.2) is 66.9 Å². The van der Waals surface area contributed by atoms with E-state index in [4.69, 9.17) is 16.5 Å². The molecule has 0 bridgehead atoms. The number of carbonyl (C=O) groups is 1. The molecule has 1 heterocycles. The maximum Gasteiger partial charge on any atom is 0.238 e. The van der Waals surface area contributed by atoms with Gasteiger partial charge in [0, 0.05) is 30.1 Å². The normalized spacial score (nSPS) is 18.8. The summed E-state index contributed by atoms with van der Waals surface area (Å²) in [6, 6.07) is 19.8. The van der Waals surface area contributed by atoms with Gasteiger partial charge in [0.25, 0.3) is 0 Å². The number of primary amides is 1. The standard InChI is InChI=1S/C29H36N4O3S/c1-3-33(37(35,36)26-15-9-21(10-16-26)17-28(31)34)25-18-27(23-7-5-4-6-8-23)29(32-19-25)24-13-11-22(12-14-24)20(2)30/h4-8,11-14,18-21,26H,3,9-10,15-17,30H2,1-2H3,(H2,31,34)/t20-,21?,26?/m0/s1. The second-order valence-corrected chi connectivity index (χ2v) is 12.0. The molecule has 0 radical (unpaired) electrons. The molecule has 1 atom stereocenters. The molecule has 1 aliphatic carbocycles. The molecule has 3 aromatic rings. The van der Waals surface area contributed by atoms with Crippen molar-refractivity contribution in [2.24, 2.45) is 17.4 Å². The summed E-state index contributed by atoms with van der Waals surface area (Å²) in [5.41, 5.74) is 16.5. The molecule has 1 saturated carbocycles. The van der Waals surface area contributed by atoms with E-state index in [1.165, 1.54) is 4.31 Å². The van der Waals surface area contributed by atoms with Gasteiger partial charge in [0.05, 0.1) is 22.8 Å². The van der Waals surface area contributed by atoms with Crippen LogP contribution < -0.4 is 15.8 Å². The Morgan fingerprint density at radius 1 is 1.03 bits per heavy atom. The van der Waals surface area contributed by atoms with Crippen LogP contribution in [0.4, 0.5) is 5.69 Å². The molecule has 37 heavy (non-hydrogen) atoms. The summed E-state index contributed by atoms with van der Waals surface area (Å²) in [6.07, 6.45) is 4.41. The molecule has 1 aliphatic rings. The SMILES string of the molecule is CCN(c1cnc(-c2ccc([C@H](C)N)cc2)c(-c2ccccc2)c1)S(=O)(=O)C1CCC(CC(N)=O)CC1. The highest BCUT2D eigenvalue weighted by atomic mass is 32.2. The predicted molar refractivity (Wildman–Crippen MR) is 149 cm³/mol. The number of carbonyl (C=O) groups excluding carboxylic acids is 1. The van der Waals surface area contributed by atoms with Crippen LogP contribution in [0, 0.1) is 5.92 Å². The maximum absolute atomic E-state index is 13.7. The number of nitrogens with two attached hydrogens (primary N) is 2. The van der Waals surface area contributed by atoms with E-state index in [9.17, 15) is 13.2 Å². The maximum atomic E-state index is 13.7. The third-order valence-electron chi connectivity index (χ3n) is 7.26. The van der Waals surface area contributed by atoms with E-state index in [-0.39, 0.29) is 17.9 Å². The van der Waals surface area contributed by atoms with E-state index < -0.39 is 15.3 Å². The first-order chi connectivity index (χ1) is 17.7. The third kappa shape index (κ3) is 6.02. The highest BCUT2D eigenvalue weighted by Gasteiger charge is 2.35. The predicted octanol–water partition coefficient (Wildman–Crippen LogP) is 5.03. The Hall–Kier alpha value is -3.23. The van der Waals surface area contributed by atoms with E-state index in [1.807, 2.05) is 74.5 Å². The van der Waals surface area contributed by atoms with E-state index in [2.05, 4.69) is 0 Å². The number of hydrogen-bond donors (Lipinski definition) is 2. The number of hydrogen-bond acceptors (Lipinski definition) is 5. The van der Waals surface area contributed by atoms with Crippen LogP contribution in [-0.2, 0) is 14.8 Å². The van der Waals surface area contributed by atoms with Gasteiger partial charge in [-0.3, -0.25) is 14.1 Å². The molecular formula is C29H36N4O3S. The van der Waals surface area contributed by atoms with Crippen LogP contribution in [0.1, 0.15) is 57.6 Å². The largest absolute Gasteiger partial charge is 0.370 e. The van der Waals surface area contributed by atoms with E-state index in [0.29, 0.717) is 44.3 Å². The number of nitrogens with zero attached hydrogens (tertiary/aromatic N) is 2. The molecule has 0 saturated heterocycles. The van der Waals surface area contributed by atoms with Crippen molar-refractivity contribution in [2.75, 3.05) is 10.8 Å². The number of sulfonamides is 1. The van der Waals surface area contributed by atoms with Gasteiger partial charge in [-0.25, -0.2) is 8.42 Å². The summed E-state index contributed by atoms with van der Waals surface area (Å²) in [5.74, 6) is -0.161. The van der Waals surface area contributed by atoms with Gasteiger partial charge in [0.15, 0.2) is 0 Å². The molecule has 1 aromatic heterocycles. The first-order valence-corrected chi connectivity index (χ1v) is 14.4. The van der Waals surface area contributed by atoms with Gasteiger partial charge < -0.3 is 11.5 Å². The second kappa shape index (κ2) is 11.4. The molecule has 4 rings (SSSR count). The zero-order valence-corrected chi connectivity index (χ0v) is 22.3. The Labute approximate surface area is 220 Å². The smallest absolute Gasteiger partial charge is 0.238 e. The fraction of sp³-hybridized carbons (Fsp3) is 0.379. The number of anilines is 1. The topological polar surface area (TPSA) is 119 Å². The molecule has 0 aliphatic heterocycles. The lowest BCUT2D eigenvalue weighted by molar-refractivity contribution is -0.119. The zero-order valence-electron chi connectivity index (χ0n) is 21.5. The van der Waals surface area contributed by atoms with Crippen molar-refractivity contribution in [3.8, 4) is 22.4 Å². The van der Waals surface area contributed by atoms with Crippen LogP contribution in [0.5, 0.6) is 0 Å². The number of benzene rings is 2. The van der Waals surface area contributed by atoms with Crippen molar-refractivity contribution < 1.29 is 13.2 Å². The minimum Gasteiger partial charge on any atom is -0.370 e. The lowest BCUT2D eigenvalue weighted by Crippen LogP contribution is -2.41. The highest BCUT2D eigenvalue weighted by Crippen LogP contribution is 2.37. The molecular weight excluding hydrogens is 484 g/mol. The number of aromatic nitrogens is 1. The van der Waals surface area contributed by atoms with Gasteiger partial charge in [-0.1, -0.05) is 54.6 Å². The number of amides is 1. The molecule has 196 valence electrons. The van der Waals surface area contributed by atoms with Gasteiger partial charge >= 0.3 is 0 Å². The summed E-state index contributed by atoms with van der Waals surface area (Å²) >= 11 is 0. The Balaban J connectivity index is 1.69. The van der Waals surface area contributed by atoms with Gasteiger partial charge in [0.2, 0.25) is 15.9 Å². The Kier molecular flexibility index (Phi) is 8.29. The van der Waals surface area contributed by atoms with Gasteiger partial charge in [-0.05, 0) is 62.6 Å². The second-order valence-electron chi connectivity index (χ2n) is 9.89. The molecule has 7 nitrogen and oxygen atoms in total. The van der Waals surface area contributed by atoms with Crippen molar-refractivity contribution in [1.29, 1.82) is 0 Å². The summed E-state index contributed by atoms with van der Waals surface area (Å²) in [7, 11) is -3.61. The molecule has 0 spiro atoms. The Morgan fingerprint density at radius 2 is 1.68 bits per heavy atom. The molecule has 1 amide bonds. The van der Waals surface area contributed by atoms with Crippen LogP contribution in [-0.4, -0.2) is 31.1 Å². The summed E-state index contributed by atoms with van der Waals surface area (Å²) in [5, 5.41) is -0.484. The van der Waals surface area contributed by atoms with E-state index in [0.717, 1.165) is 27.9 Å². The monoisotopic (exact) mass is 520 g/mol. The van der Waals surface area contributed by atoms with Gasteiger partial charge in [-0.2, -0.15) is 0 Å². The molecule has 2 aromatic carbocycles. The first kappa shape index (κ1) is 26.8. The first-order valence-electron chi connectivity index (χ1n) is 12.9. The minimum atomic E-state index is -3.61. The molecule has 8 heteroatoms. The fourth-order valence-corrected chi connectivity index (χ4v) is 7.19. The van der Waals surface area contributed by atoms with Crippen LogP contribution in [0.3, 0.4) is 0 Å². The molecule has 4 N–H and O–H groups in total. The molecule has 1 fully saturated rings. The van der Waals surface area contributed by atoms with Crippen molar-refractivity contribution in [3.05, 3.63) is 72.4 Å². The van der Waals surface area contributed by atoms with E-state index >= 15 is 0 Å². The van der Waals surface area contributed by atoms with Crippen LogP contribution in [0.25, 0.3) is 22.4 Å². The van der Waals surface area contributed by atoms with Crippen LogP contribution >= 0.6 is 0 Å². The van der Waals surface area contributed by atoms with Gasteiger partial charge in [0.1, 0.15) is 0 Å². The van der Waals surface area contributed by atoms with Crippen molar-refractivity contribution >= 4 is 21.6 Å². The highest BCUT2D eigenvalue weighted by molar-refractivity contribution is 7.93. The van der Waals surface area contributed by atoms with Crippen molar-refractivity contribution in [1.82, 2.24) is 4.98 Å².